The van der Waals surface area contributed by atoms with E-state index in [1.54, 1.807) is 10.9 Å². The first-order valence-corrected chi connectivity index (χ1v) is 8.27. The normalized spacial score (nSPS) is 25.4. The zero-order valence-corrected chi connectivity index (χ0v) is 14.6. The highest BCUT2D eigenvalue weighted by Gasteiger charge is 2.46. The number of hydrogen-bond acceptors (Lipinski definition) is 3. The average molecular weight is 347 g/mol. The van der Waals surface area contributed by atoms with Crippen LogP contribution in [0.5, 0.6) is 0 Å². The quantitative estimate of drug-likeness (QED) is 0.925. The fourth-order valence-corrected chi connectivity index (χ4v) is 4.12. The maximum absolute atomic E-state index is 12.9. The van der Waals surface area contributed by atoms with Crippen molar-refractivity contribution >= 4 is 18.3 Å². The first-order chi connectivity index (χ1) is 11.2. The van der Waals surface area contributed by atoms with Gasteiger partial charge in [-0.3, -0.25) is 9.48 Å². The average Bonchev–Trinajstić information content (AvgIpc) is 3.24. The number of carbonyl (C=O) groups is 1. The van der Waals surface area contributed by atoms with E-state index in [2.05, 4.69) is 46.5 Å². The molecule has 2 aromatic rings. The Hall–Kier alpha value is -1.85. The Morgan fingerprint density at radius 2 is 2.12 bits per heavy atom. The van der Waals surface area contributed by atoms with Crippen LogP contribution in [0.25, 0.3) is 0 Å². The number of hydrogen-bond donors (Lipinski definition) is 1. The summed E-state index contributed by atoms with van der Waals surface area (Å²) in [5.41, 5.74) is 2.56. The van der Waals surface area contributed by atoms with Crippen molar-refractivity contribution in [3.05, 3.63) is 53.9 Å². The van der Waals surface area contributed by atoms with Crippen LogP contribution in [0.4, 0.5) is 0 Å². The van der Waals surface area contributed by atoms with Gasteiger partial charge in [0.05, 0.1) is 6.04 Å². The second-order valence-corrected chi connectivity index (χ2v) is 6.63. The lowest BCUT2D eigenvalue weighted by Gasteiger charge is -2.29. The number of nitrogens with zero attached hydrogens (tertiary/aromatic N) is 3. The topological polar surface area (TPSA) is 50.2 Å². The van der Waals surface area contributed by atoms with Crippen LogP contribution in [0, 0.1) is 18.8 Å². The molecule has 1 N–H and O–H groups in total. The van der Waals surface area contributed by atoms with E-state index in [0.717, 1.165) is 19.6 Å². The van der Waals surface area contributed by atoms with Crippen molar-refractivity contribution in [3.8, 4) is 0 Å². The highest BCUT2D eigenvalue weighted by molar-refractivity contribution is 5.85. The van der Waals surface area contributed by atoms with Gasteiger partial charge in [-0.15, -0.1) is 12.4 Å². The van der Waals surface area contributed by atoms with E-state index in [0.29, 0.717) is 18.4 Å². The van der Waals surface area contributed by atoms with Crippen molar-refractivity contribution in [3.63, 3.8) is 0 Å². The molecular formula is C18H23ClN4O. The van der Waals surface area contributed by atoms with Crippen LogP contribution in [0.3, 0.4) is 0 Å². The van der Waals surface area contributed by atoms with Gasteiger partial charge in [0.1, 0.15) is 6.54 Å². The zero-order chi connectivity index (χ0) is 15.8. The minimum absolute atomic E-state index is 0. The number of carbonyl (C=O) groups excluding carboxylic acids is 1. The smallest absolute Gasteiger partial charge is 0.244 e. The van der Waals surface area contributed by atoms with E-state index in [4.69, 9.17) is 0 Å². The molecule has 0 spiro atoms. The first-order valence-electron chi connectivity index (χ1n) is 8.27. The predicted octanol–water partition coefficient (Wildman–Crippen LogP) is 2.03. The third-order valence-corrected chi connectivity index (χ3v) is 5.25. The van der Waals surface area contributed by atoms with E-state index in [-0.39, 0.29) is 24.4 Å². The number of halogens is 1. The molecule has 5 nitrogen and oxygen atoms in total. The fraction of sp³-hybridized carbons (Fsp3) is 0.444. The molecule has 24 heavy (non-hydrogen) atoms. The summed E-state index contributed by atoms with van der Waals surface area (Å²) in [6, 6.07) is 10.5. The molecular weight excluding hydrogens is 324 g/mol. The maximum Gasteiger partial charge on any atom is 0.244 e. The van der Waals surface area contributed by atoms with Gasteiger partial charge in [0.15, 0.2) is 0 Å². The van der Waals surface area contributed by atoms with Gasteiger partial charge >= 0.3 is 0 Å². The number of rotatable bonds is 3. The predicted molar refractivity (Wildman–Crippen MR) is 95.0 cm³/mol. The lowest BCUT2D eigenvalue weighted by atomic mass is 9.87. The largest absolute Gasteiger partial charge is 0.333 e. The van der Waals surface area contributed by atoms with Crippen LogP contribution in [0.1, 0.15) is 17.2 Å². The standard InChI is InChI=1S/C18H22N4O.ClH/c1-13-5-2-3-6-15(13)18-16-10-19-9-14(16)11-22(18)17(23)12-21-8-4-7-20-21;/h2-8,14,16,18-19H,9-12H2,1H3;1H/t14-,16-,18+;/m0./s1. The van der Waals surface area contributed by atoms with Crippen molar-refractivity contribution in [2.75, 3.05) is 19.6 Å². The molecule has 6 heteroatoms. The van der Waals surface area contributed by atoms with Gasteiger partial charge in [-0.2, -0.15) is 5.10 Å². The monoisotopic (exact) mass is 346 g/mol. The van der Waals surface area contributed by atoms with Crippen LogP contribution < -0.4 is 5.32 Å². The molecule has 1 aromatic heterocycles. The molecule has 2 fully saturated rings. The Morgan fingerprint density at radius 3 is 2.88 bits per heavy atom. The van der Waals surface area contributed by atoms with Gasteiger partial charge in [0.25, 0.3) is 0 Å². The molecule has 4 rings (SSSR count). The van der Waals surface area contributed by atoms with E-state index < -0.39 is 0 Å². The molecule has 2 saturated heterocycles. The first kappa shape index (κ1) is 17.0. The number of benzene rings is 1. The van der Waals surface area contributed by atoms with Gasteiger partial charge in [-0.05, 0) is 30.0 Å². The maximum atomic E-state index is 12.9. The van der Waals surface area contributed by atoms with Gasteiger partial charge in [-0.1, -0.05) is 24.3 Å². The third-order valence-electron chi connectivity index (χ3n) is 5.25. The number of nitrogens with one attached hydrogen (secondary N) is 1. The fourth-order valence-electron chi connectivity index (χ4n) is 4.12. The lowest BCUT2D eigenvalue weighted by molar-refractivity contribution is -0.133. The van der Waals surface area contributed by atoms with Crippen molar-refractivity contribution < 1.29 is 4.79 Å². The Balaban J connectivity index is 0.00000169. The Labute approximate surface area is 148 Å². The number of aryl methyl sites for hydroxylation is 1. The van der Waals surface area contributed by atoms with Crippen LogP contribution in [0.2, 0.25) is 0 Å². The second-order valence-electron chi connectivity index (χ2n) is 6.63. The number of amides is 1. The minimum atomic E-state index is 0. The van der Waals surface area contributed by atoms with Gasteiger partial charge in [-0.25, -0.2) is 0 Å². The molecule has 0 aliphatic carbocycles. The highest BCUT2D eigenvalue weighted by Crippen LogP contribution is 2.43. The van der Waals surface area contributed by atoms with Crippen molar-refractivity contribution in [1.29, 1.82) is 0 Å². The summed E-state index contributed by atoms with van der Waals surface area (Å²) in [5, 5.41) is 7.66. The van der Waals surface area contributed by atoms with Gasteiger partial charge < -0.3 is 10.2 Å². The molecule has 0 saturated carbocycles. The molecule has 0 bridgehead atoms. The molecule has 3 atom stereocenters. The summed E-state index contributed by atoms with van der Waals surface area (Å²) in [6.07, 6.45) is 3.56. The highest BCUT2D eigenvalue weighted by atomic mass is 35.5. The van der Waals surface area contributed by atoms with Crippen LogP contribution in [0.15, 0.2) is 42.7 Å². The summed E-state index contributed by atoms with van der Waals surface area (Å²) < 4.78 is 1.71. The van der Waals surface area contributed by atoms with E-state index in [1.165, 1.54) is 11.1 Å². The van der Waals surface area contributed by atoms with Crippen molar-refractivity contribution in [1.82, 2.24) is 20.0 Å². The Kier molecular flexibility index (Phi) is 4.92. The molecule has 1 amide bonds. The van der Waals surface area contributed by atoms with Crippen LogP contribution >= 0.6 is 12.4 Å². The molecule has 3 heterocycles. The Morgan fingerprint density at radius 1 is 1.29 bits per heavy atom. The van der Waals surface area contributed by atoms with Crippen LogP contribution in [-0.4, -0.2) is 40.2 Å². The molecule has 128 valence electrons. The van der Waals surface area contributed by atoms with Crippen molar-refractivity contribution in [2.45, 2.75) is 19.5 Å². The summed E-state index contributed by atoms with van der Waals surface area (Å²) in [4.78, 5) is 15.0. The van der Waals surface area contributed by atoms with E-state index in [1.807, 2.05) is 12.3 Å². The van der Waals surface area contributed by atoms with Gasteiger partial charge in [0, 0.05) is 37.9 Å². The van der Waals surface area contributed by atoms with E-state index >= 15 is 0 Å². The van der Waals surface area contributed by atoms with Gasteiger partial charge in [0.2, 0.25) is 5.91 Å². The molecule has 2 aliphatic rings. The van der Waals surface area contributed by atoms with Crippen molar-refractivity contribution in [2.24, 2.45) is 11.8 Å². The zero-order valence-electron chi connectivity index (χ0n) is 13.8. The number of fused-ring (bicyclic) bond motifs is 1. The lowest BCUT2D eigenvalue weighted by Crippen LogP contribution is -2.37. The molecule has 2 aliphatic heterocycles. The summed E-state index contributed by atoms with van der Waals surface area (Å²) in [7, 11) is 0. The molecule has 0 radical (unpaired) electrons. The summed E-state index contributed by atoms with van der Waals surface area (Å²) >= 11 is 0. The Bertz CT molecular complexity index is 703. The summed E-state index contributed by atoms with van der Waals surface area (Å²) in [6.45, 7) is 5.31. The minimum Gasteiger partial charge on any atom is -0.333 e. The molecule has 0 unspecified atom stereocenters. The second kappa shape index (κ2) is 6.95. The van der Waals surface area contributed by atoms with Crippen LogP contribution in [-0.2, 0) is 11.3 Å². The SMILES string of the molecule is Cc1ccccc1[C@@H]1[C@H]2CNC[C@H]2CN1C(=O)Cn1cccn1.Cl. The number of aromatic nitrogens is 2. The summed E-state index contributed by atoms with van der Waals surface area (Å²) in [5.74, 6) is 1.23. The van der Waals surface area contributed by atoms with E-state index in [9.17, 15) is 4.79 Å². The number of likely N-dealkylation sites (tertiary alicyclic amines) is 1. The third kappa shape index (κ3) is 2.94. The molecule has 1 aromatic carbocycles.